The minimum atomic E-state index is -1.59. The van der Waals surface area contributed by atoms with Crippen LogP contribution in [0.4, 0.5) is 21.5 Å². The Hall–Kier alpha value is -3.96. The Kier molecular flexibility index (Phi) is 4.63. The van der Waals surface area contributed by atoms with Gasteiger partial charge in [-0.15, -0.1) is 0 Å². The molecule has 0 unspecified atom stereocenters. The van der Waals surface area contributed by atoms with E-state index in [1.165, 1.54) is 0 Å². The van der Waals surface area contributed by atoms with E-state index in [4.69, 9.17) is 4.74 Å². The molecule has 0 atom stereocenters. The lowest BCUT2D eigenvalue weighted by molar-refractivity contribution is -0.395. The van der Waals surface area contributed by atoms with Gasteiger partial charge in [0, 0.05) is 18.2 Å². The van der Waals surface area contributed by atoms with E-state index in [9.17, 15) is 39.5 Å². The Morgan fingerprint density at radius 2 is 1.44 bits per heavy atom. The van der Waals surface area contributed by atoms with Gasteiger partial charge in [-0.05, 0) is 12.1 Å². The number of benzene rings is 2. The highest BCUT2D eigenvalue weighted by molar-refractivity contribution is 5.93. The van der Waals surface area contributed by atoms with E-state index < -0.39 is 43.5 Å². The maximum atomic E-state index is 14.0. The molecule has 0 heterocycles. The molecule has 0 aromatic heterocycles. The number of non-ortho nitro benzene ring substituents is 2. The van der Waals surface area contributed by atoms with Crippen LogP contribution < -0.4 is 4.74 Å². The van der Waals surface area contributed by atoms with Crippen molar-refractivity contribution in [2.45, 2.75) is 0 Å². The van der Waals surface area contributed by atoms with E-state index in [1.807, 2.05) is 0 Å². The summed E-state index contributed by atoms with van der Waals surface area (Å²) in [6, 6.07) is 4.97. The molecule has 25 heavy (non-hydrogen) atoms. The Morgan fingerprint density at radius 3 is 1.92 bits per heavy atom. The third-order valence-corrected chi connectivity index (χ3v) is 2.92. The van der Waals surface area contributed by atoms with Crippen molar-refractivity contribution < 1.29 is 28.7 Å². The highest BCUT2D eigenvalue weighted by Crippen LogP contribution is 2.28. The molecule has 0 bridgehead atoms. The van der Waals surface area contributed by atoms with Gasteiger partial charge >= 0.3 is 11.7 Å². The maximum absolute atomic E-state index is 14.0. The number of rotatable bonds is 5. The number of esters is 1. The largest absolute Gasteiger partial charge is 0.423 e. The van der Waals surface area contributed by atoms with Gasteiger partial charge < -0.3 is 4.74 Å². The summed E-state index contributed by atoms with van der Waals surface area (Å²) in [4.78, 5) is 41.1. The van der Waals surface area contributed by atoms with Crippen LogP contribution >= 0.6 is 0 Å². The second-order valence-electron chi connectivity index (χ2n) is 4.48. The van der Waals surface area contributed by atoms with E-state index in [0.29, 0.717) is 12.1 Å². The van der Waals surface area contributed by atoms with Crippen LogP contribution in [-0.2, 0) is 0 Å². The predicted molar refractivity (Wildman–Crippen MR) is 77.8 cm³/mol. The van der Waals surface area contributed by atoms with E-state index in [-0.39, 0.29) is 11.4 Å². The predicted octanol–water partition coefficient (Wildman–Crippen LogP) is 2.77. The van der Waals surface area contributed by atoms with Crippen LogP contribution in [0.2, 0.25) is 0 Å². The minimum Gasteiger partial charge on any atom is -0.423 e. The molecule has 0 aliphatic heterocycles. The van der Waals surface area contributed by atoms with Crippen LogP contribution in [0, 0.1) is 36.2 Å². The Morgan fingerprint density at radius 1 is 0.880 bits per heavy atom. The summed E-state index contributed by atoms with van der Waals surface area (Å²) in [6.07, 6.45) is 0. The van der Waals surface area contributed by atoms with Crippen molar-refractivity contribution in [1.29, 1.82) is 0 Å². The van der Waals surface area contributed by atoms with Gasteiger partial charge in [-0.25, -0.2) is 4.79 Å². The number of hydrogen-bond donors (Lipinski definition) is 0. The number of nitro benzene ring substituents is 3. The quantitative estimate of drug-likeness (QED) is 0.344. The number of halogens is 1. The minimum absolute atomic E-state index is 0.218. The van der Waals surface area contributed by atoms with Crippen molar-refractivity contribution in [3.63, 3.8) is 0 Å². The van der Waals surface area contributed by atoms with Crippen molar-refractivity contribution >= 4 is 23.0 Å². The molecule has 0 N–H and O–H groups in total. The summed E-state index contributed by atoms with van der Waals surface area (Å²) < 4.78 is 18.8. The highest BCUT2D eigenvalue weighted by Gasteiger charge is 2.29. The highest BCUT2D eigenvalue weighted by atomic mass is 19.1. The van der Waals surface area contributed by atoms with E-state index in [2.05, 4.69) is 0 Å². The molecular weight excluding hydrogens is 345 g/mol. The molecule has 11 nitrogen and oxygen atoms in total. The van der Waals surface area contributed by atoms with Gasteiger partial charge in [-0.3, -0.25) is 30.3 Å². The summed E-state index contributed by atoms with van der Waals surface area (Å²) in [5.41, 5.74) is -3.44. The number of ether oxygens (including phenoxy) is 1. The monoisotopic (exact) mass is 351 g/mol. The SMILES string of the molecule is O=C(Oc1ccc([N+](=O)[O-])cc1)c1cc([N+](=O)[O-])cc([N+](=O)[O-])c1F. The third kappa shape index (κ3) is 3.69. The van der Waals surface area contributed by atoms with Crippen molar-refractivity contribution in [3.8, 4) is 5.75 Å². The summed E-state index contributed by atoms with van der Waals surface area (Å²) >= 11 is 0. The number of hydrogen-bond acceptors (Lipinski definition) is 8. The van der Waals surface area contributed by atoms with Gasteiger partial charge in [0.25, 0.3) is 11.4 Å². The van der Waals surface area contributed by atoms with Crippen LogP contribution in [0.1, 0.15) is 10.4 Å². The first kappa shape index (κ1) is 17.4. The number of carbonyl (C=O) groups is 1. The van der Waals surface area contributed by atoms with E-state index in [0.717, 1.165) is 24.3 Å². The first-order chi connectivity index (χ1) is 11.7. The fourth-order valence-electron chi connectivity index (χ4n) is 1.78. The van der Waals surface area contributed by atoms with Gasteiger partial charge in [0.2, 0.25) is 5.82 Å². The van der Waals surface area contributed by atoms with Crippen molar-refractivity contribution in [3.05, 3.63) is 78.1 Å². The molecule has 0 saturated carbocycles. The summed E-state index contributed by atoms with van der Waals surface area (Å²) in [5.74, 6) is -3.25. The lowest BCUT2D eigenvalue weighted by atomic mass is 10.1. The van der Waals surface area contributed by atoms with E-state index >= 15 is 0 Å². The molecular formula is C13H6FN3O8. The van der Waals surface area contributed by atoms with Crippen LogP contribution in [-0.4, -0.2) is 20.7 Å². The van der Waals surface area contributed by atoms with Gasteiger partial charge in [-0.1, -0.05) is 0 Å². The molecule has 2 aromatic carbocycles. The summed E-state index contributed by atoms with van der Waals surface area (Å²) in [7, 11) is 0. The van der Waals surface area contributed by atoms with Crippen LogP contribution in [0.15, 0.2) is 36.4 Å². The lowest BCUT2D eigenvalue weighted by Crippen LogP contribution is -2.12. The first-order valence-corrected chi connectivity index (χ1v) is 6.29. The average molecular weight is 351 g/mol. The van der Waals surface area contributed by atoms with Gasteiger partial charge in [0.15, 0.2) is 0 Å². The number of nitro groups is 3. The molecule has 0 spiro atoms. The first-order valence-electron chi connectivity index (χ1n) is 6.29. The van der Waals surface area contributed by atoms with Crippen molar-refractivity contribution in [1.82, 2.24) is 0 Å². The summed E-state index contributed by atoms with van der Waals surface area (Å²) in [6.45, 7) is 0. The second-order valence-corrected chi connectivity index (χ2v) is 4.48. The van der Waals surface area contributed by atoms with E-state index in [1.54, 1.807) is 0 Å². The molecule has 0 radical (unpaired) electrons. The summed E-state index contributed by atoms with van der Waals surface area (Å²) in [5, 5.41) is 32.0. The molecule has 2 rings (SSSR count). The molecule has 0 fully saturated rings. The molecule has 0 amide bonds. The van der Waals surface area contributed by atoms with Crippen LogP contribution in [0.5, 0.6) is 5.75 Å². The lowest BCUT2D eigenvalue weighted by Gasteiger charge is -2.05. The molecule has 0 saturated heterocycles. The van der Waals surface area contributed by atoms with Gasteiger partial charge in [0.1, 0.15) is 11.3 Å². The van der Waals surface area contributed by atoms with Gasteiger partial charge in [-0.2, -0.15) is 4.39 Å². The Bertz CT molecular complexity index is 897. The third-order valence-electron chi connectivity index (χ3n) is 2.92. The fourth-order valence-corrected chi connectivity index (χ4v) is 1.78. The normalized spacial score (nSPS) is 10.1. The van der Waals surface area contributed by atoms with Gasteiger partial charge in [0.05, 0.1) is 20.8 Å². The topological polar surface area (TPSA) is 156 Å². The van der Waals surface area contributed by atoms with Crippen LogP contribution in [0.3, 0.4) is 0 Å². The fraction of sp³-hybridized carbons (Fsp3) is 0. The average Bonchev–Trinajstić information content (AvgIpc) is 2.54. The Balaban J connectivity index is 2.39. The smallest absolute Gasteiger partial charge is 0.347 e. The zero-order valence-electron chi connectivity index (χ0n) is 11.9. The second kappa shape index (κ2) is 6.66. The van der Waals surface area contributed by atoms with Crippen LogP contribution in [0.25, 0.3) is 0 Å². The molecule has 12 heteroatoms. The zero-order chi connectivity index (χ0) is 18.7. The standard InChI is InChI=1S/C13H6FN3O8/c14-12-10(5-8(16(21)22)6-11(12)17(23)24)13(18)25-9-3-1-7(2-4-9)15(19)20/h1-6H. The molecule has 0 aliphatic carbocycles. The number of carbonyl (C=O) groups excluding carboxylic acids is 1. The van der Waals surface area contributed by atoms with Crippen molar-refractivity contribution in [2.24, 2.45) is 0 Å². The number of nitrogens with zero attached hydrogens (tertiary/aromatic N) is 3. The molecule has 128 valence electrons. The molecule has 0 aliphatic rings. The molecule has 2 aromatic rings. The Labute approximate surface area is 136 Å². The maximum Gasteiger partial charge on any atom is 0.347 e. The zero-order valence-corrected chi connectivity index (χ0v) is 11.9. The van der Waals surface area contributed by atoms with Crippen molar-refractivity contribution in [2.75, 3.05) is 0 Å².